The SMILES string of the molecule is Cc1cccc(C)c1NC(=O)CNC(=O)c1cc(S(C)(=O)=O)ccc1Cl. The van der Waals surface area contributed by atoms with Crippen LogP contribution in [-0.2, 0) is 14.6 Å². The van der Waals surface area contributed by atoms with Gasteiger partial charge in [0.1, 0.15) is 0 Å². The lowest BCUT2D eigenvalue weighted by Crippen LogP contribution is -2.33. The first-order valence-electron chi connectivity index (χ1n) is 7.73. The van der Waals surface area contributed by atoms with E-state index in [2.05, 4.69) is 10.6 Å². The average molecular weight is 395 g/mol. The monoisotopic (exact) mass is 394 g/mol. The van der Waals surface area contributed by atoms with E-state index in [0.717, 1.165) is 17.4 Å². The number of amides is 2. The Morgan fingerprint density at radius 1 is 1.08 bits per heavy atom. The van der Waals surface area contributed by atoms with E-state index in [1.807, 2.05) is 32.0 Å². The number of carbonyl (C=O) groups is 2. The van der Waals surface area contributed by atoms with Gasteiger partial charge in [-0.05, 0) is 43.2 Å². The van der Waals surface area contributed by atoms with Crippen molar-refractivity contribution in [3.8, 4) is 0 Å². The fraction of sp³-hybridized carbons (Fsp3) is 0.222. The summed E-state index contributed by atoms with van der Waals surface area (Å²) in [6, 6.07) is 9.48. The summed E-state index contributed by atoms with van der Waals surface area (Å²) in [4.78, 5) is 24.4. The summed E-state index contributed by atoms with van der Waals surface area (Å²) in [5.74, 6) is -1.02. The zero-order valence-corrected chi connectivity index (χ0v) is 16.2. The largest absolute Gasteiger partial charge is 0.343 e. The van der Waals surface area contributed by atoms with Crippen LogP contribution in [0, 0.1) is 13.8 Å². The molecule has 0 aromatic heterocycles. The number of rotatable bonds is 5. The summed E-state index contributed by atoms with van der Waals surface area (Å²) in [5, 5.41) is 5.30. The van der Waals surface area contributed by atoms with Crippen molar-refractivity contribution in [2.24, 2.45) is 0 Å². The number of hydrogen-bond donors (Lipinski definition) is 2. The molecule has 0 saturated heterocycles. The Labute approximate surface area is 157 Å². The summed E-state index contributed by atoms with van der Waals surface area (Å²) < 4.78 is 23.2. The zero-order valence-electron chi connectivity index (χ0n) is 14.6. The Morgan fingerprint density at radius 3 is 2.27 bits per heavy atom. The molecule has 26 heavy (non-hydrogen) atoms. The number of anilines is 1. The predicted octanol–water partition coefficient (Wildman–Crippen LogP) is 2.73. The van der Waals surface area contributed by atoms with Crippen molar-refractivity contribution in [1.29, 1.82) is 0 Å². The van der Waals surface area contributed by atoms with Gasteiger partial charge in [0.2, 0.25) is 5.91 Å². The third-order valence-electron chi connectivity index (χ3n) is 3.77. The minimum absolute atomic E-state index is 0.00513. The summed E-state index contributed by atoms with van der Waals surface area (Å²) in [7, 11) is -3.48. The summed E-state index contributed by atoms with van der Waals surface area (Å²) in [6.45, 7) is 3.47. The van der Waals surface area contributed by atoms with Crippen LogP contribution in [0.25, 0.3) is 0 Å². The van der Waals surface area contributed by atoms with E-state index in [1.165, 1.54) is 18.2 Å². The van der Waals surface area contributed by atoms with E-state index in [4.69, 9.17) is 11.6 Å². The van der Waals surface area contributed by atoms with E-state index >= 15 is 0 Å². The average Bonchev–Trinajstić information content (AvgIpc) is 2.55. The normalized spacial score (nSPS) is 11.1. The molecule has 2 N–H and O–H groups in total. The number of halogens is 1. The zero-order chi connectivity index (χ0) is 19.5. The molecule has 6 nitrogen and oxygen atoms in total. The van der Waals surface area contributed by atoms with Gasteiger partial charge >= 0.3 is 0 Å². The second-order valence-electron chi connectivity index (χ2n) is 5.91. The molecule has 0 saturated carbocycles. The highest BCUT2D eigenvalue weighted by Gasteiger charge is 2.16. The van der Waals surface area contributed by atoms with Crippen LogP contribution in [0.5, 0.6) is 0 Å². The second-order valence-corrected chi connectivity index (χ2v) is 8.33. The van der Waals surface area contributed by atoms with E-state index < -0.39 is 21.7 Å². The highest BCUT2D eigenvalue weighted by atomic mass is 35.5. The van der Waals surface area contributed by atoms with Crippen LogP contribution in [0.4, 0.5) is 5.69 Å². The van der Waals surface area contributed by atoms with Gasteiger partial charge in [-0.1, -0.05) is 29.8 Å². The molecule has 138 valence electrons. The minimum atomic E-state index is -3.48. The second kappa shape index (κ2) is 7.88. The van der Waals surface area contributed by atoms with Crippen LogP contribution < -0.4 is 10.6 Å². The molecule has 2 amide bonds. The molecule has 0 heterocycles. The maximum Gasteiger partial charge on any atom is 0.253 e. The molecule has 0 radical (unpaired) electrons. The van der Waals surface area contributed by atoms with E-state index in [9.17, 15) is 18.0 Å². The molecule has 0 bridgehead atoms. The topological polar surface area (TPSA) is 92.3 Å². The van der Waals surface area contributed by atoms with Crippen LogP contribution in [0.2, 0.25) is 5.02 Å². The predicted molar refractivity (Wildman–Crippen MR) is 101 cm³/mol. The molecular formula is C18H19ClN2O4S. The number of benzene rings is 2. The van der Waals surface area contributed by atoms with Gasteiger partial charge in [0.15, 0.2) is 9.84 Å². The Balaban J connectivity index is 2.08. The number of aryl methyl sites for hydroxylation is 2. The van der Waals surface area contributed by atoms with Crippen molar-refractivity contribution < 1.29 is 18.0 Å². The van der Waals surface area contributed by atoms with E-state index in [1.54, 1.807) is 0 Å². The van der Waals surface area contributed by atoms with Gasteiger partial charge in [-0.25, -0.2) is 8.42 Å². The molecule has 0 aliphatic rings. The lowest BCUT2D eigenvalue weighted by atomic mass is 10.1. The van der Waals surface area contributed by atoms with Crippen LogP contribution in [0.3, 0.4) is 0 Å². The quantitative estimate of drug-likeness (QED) is 0.815. The highest BCUT2D eigenvalue weighted by Crippen LogP contribution is 2.21. The van der Waals surface area contributed by atoms with Crippen LogP contribution in [0.1, 0.15) is 21.5 Å². The van der Waals surface area contributed by atoms with Gasteiger partial charge in [-0.3, -0.25) is 9.59 Å². The number of para-hydroxylation sites is 1. The standard InChI is InChI=1S/C18H19ClN2O4S/c1-11-5-4-6-12(2)17(11)21-16(22)10-20-18(23)14-9-13(26(3,24)25)7-8-15(14)19/h4-9H,10H2,1-3H3,(H,20,23)(H,21,22). The molecule has 0 spiro atoms. The van der Waals surface area contributed by atoms with Crippen molar-refractivity contribution in [1.82, 2.24) is 5.32 Å². The lowest BCUT2D eigenvalue weighted by molar-refractivity contribution is -0.115. The third kappa shape index (κ3) is 4.83. The van der Waals surface area contributed by atoms with Crippen LogP contribution in [-0.4, -0.2) is 33.0 Å². The molecule has 0 atom stereocenters. The summed E-state index contributed by atoms with van der Waals surface area (Å²) >= 11 is 5.97. The maximum atomic E-state index is 12.3. The highest BCUT2D eigenvalue weighted by molar-refractivity contribution is 7.90. The Morgan fingerprint density at radius 2 is 1.69 bits per heavy atom. The Hall–Kier alpha value is -2.38. The van der Waals surface area contributed by atoms with Gasteiger partial charge in [0.05, 0.1) is 22.0 Å². The van der Waals surface area contributed by atoms with Crippen LogP contribution >= 0.6 is 11.6 Å². The molecule has 0 fully saturated rings. The number of hydrogen-bond acceptors (Lipinski definition) is 4. The molecule has 0 aliphatic heterocycles. The number of sulfone groups is 1. The van der Waals surface area contributed by atoms with Crippen molar-refractivity contribution >= 4 is 38.9 Å². The van der Waals surface area contributed by atoms with Crippen molar-refractivity contribution in [3.63, 3.8) is 0 Å². The van der Waals surface area contributed by atoms with Crippen molar-refractivity contribution in [3.05, 3.63) is 58.1 Å². The van der Waals surface area contributed by atoms with Crippen LogP contribution in [0.15, 0.2) is 41.3 Å². The Bertz CT molecular complexity index is 951. The number of nitrogens with one attached hydrogen (secondary N) is 2. The fourth-order valence-corrected chi connectivity index (χ4v) is 3.21. The summed E-state index contributed by atoms with van der Waals surface area (Å²) in [6.07, 6.45) is 1.04. The van der Waals surface area contributed by atoms with Gasteiger partial charge < -0.3 is 10.6 Å². The first-order valence-corrected chi connectivity index (χ1v) is 10.0. The molecule has 0 aliphatic carbocycles. The molecule has 0 unspecified atom stereocenters. The Kier molecular flexibility index (Phi) is 6.05. The van der Waals surface area contributed by atoms with Gasteiger partial charge in [0, 0.05) is 11.9 Å². The van der Waals surface area contributed by atoms with Crippen molar-refractivity contribution in [2.75, 3.05) is 18.1 Å². The van der Waals surface area contributed by atoms with E-state index in [-0.39, 0.29) is 22.0 Å². The smallest absolute Gasteiger partial charge is 0.253 e. The summed E-state index contributed by atoms with van der Waals surface area (Å²) in [5.41, 5.74) is 2.51. The fourth-order valence-electron chi connectivity index (χ4n) is 2.36. The van der Waals surface area contributed by atoms with Crippen molar-refractivity contribution in [2.45, 2.75) is 18.7 Å². The van der Waals surface area contributed by atoms with Gasteiger partial charge in [0.25, 0.3) is 5.91 Å². The van der Waals surface area contributed by atoms with E-state index in [0.29, 0.717) is 5.69 Å². The maximum absolute atomic E-state index is 12.3. The minimum Gasteiger partial charge on any atom is -0.343 e. The first-order chi connectivity index (χ1) is 12.1. The molecule has 8 heteroatoms. The number of carbonyl (C=O) groups excluding carboxylic acids is 2. The molecule has 2 aromatic rings. The third-order valence-corrected chi connectivity index (χ3v) is 5.21. The molecule has 2 rings (SSSR count). The van der Waals surface area contributed by atoms with Gasteiger partial charge in [-0.2, -0.15) is 0 Å². The first kappa shape index (κ1) is 19.9. The lowest BCUT2D eigenvalue weighted by Gasteiger charge is -2.12. The molecule has 2 aromatic carbocycles. The molecular weight excluding hydrogens is 376 g/mol. The van der Waals surface area contributed by atoms with Gasteiger partial charge in [-0.15, -0.1) is 0 Å².